The lowest BCUT2D eigenvalue weighted by atomic mass is 10.1. The number of aryl methyl sites for hydroxylation is 2. The fourth-order valence-corrected chi connectivity index (χ4v) is 2.43. The Balaban J connectivity index is 1.81. The maximum absolute atomic E-state index is 12.2. The minimum absolute atomic E-state index is 0.259. The molecule has 0 heterocycles. The Bertz CT molecular complexity index is 786. The molecule has 2 aromatic carbocycles. The van der Waals surface area contributed by atoms with Crippen molar-refractivity contribution in [3.05, 3.63) is 53.6 Å². The van der Waals surface area contributed by atoms with Crippen LogP contribution in [0.15, 0.2) is 42.5 Å². The first kappa shape index (κ1) is 20.3. The summed E-state index contributed by atoms with van der Waals surface area (Å²) in [6, 6.07) is 12.6. The van der Waals surface area contributed by atoms with Crippen LogP contribution in [0, 0.1) is 13.8 Å². The topological polar surface area (TPSA) is 73.9 Å². The first-order valence-electron chi connectivity index (χ1n) is 8.82. The number of esters is 1. The Kier molecular flexibility index (Phi) is 7.23. The van der Waals surface area contributed by atoms with Gasteiger partial charge in [-0.05, 0) is 63.6 Å². The summed E-state index contributed by atoms with van der Waals surface area (Å²) in [7, 11) is 0. The zero-order chi connectivity index (χ0) is 19.8. The number of hydrogen-bond donors (Lipinski definition) is 1. The van der Waals surface area contributed by atoms with Gasteiger partial charge >= 0.3 is 5.97 Å². The van der Waals surface area contributed by atoms with Crippen molar-refractivity contribution in [1.29, 1.82) is 0 Å². The lowest BCUT2D eigenvalue weighted by Crippen LogP contribution is -2.31. The summed E-state index contributed by atoms with van der Waals surface area (Å²) >= 11 is 0. The first-order chi connectivity index (χ1) is 12.9. The molecule has 0 saturated heterocycles. The molecule has 0 aliphatic heterocycles. The molecule has 1 N–H and O–H groups in total. The predicted octanol–water partition coefficient (Wildman–Crippen LogP) is 3.65. The molecule has 144 valence electrons. The predicted molar refractivity (Wildman–Crippen MR) is 103 cm³/mol. The van der Waals surface area contributed by atoms with Crippen LogP contribution in [-0.2, 0) is 14.3 Å². The summed E-state index contributed by atoms with van der Waals surface area (Å²) in [5.41, 5.74) is 2.64. The third kappa shape index (κ3) is 6.33. The molecule has 0 radical (unpaired) electrons. The molecule has 0 saturated carbocycles. The molecule has 0 spiro atoms. The van der Waals surface area contributed by atoms with Crippen LogP contribution < -0.4 is 14.8 Å². The second-order valence-corrected chi connectivity index (χ2v) is 6.14. The van der Waals surface area contributed by atoms with Crippen molar-refractivity contribution in [2.45, 2.75) is 33.8 Å². The number of carbonyl (C=O) groups is 2. The SMILES string of the molecule is CCOc1ccc(NC(=O)[C@H](C)OC(=O)COc2ccc(C)cc2C)cc1. The lowest BCUT2D eigenvalue weighted by molar-refractivity contribution is -0.155. The zero-order valence-corrected chi connectivity index (χ0v) is 16.1. The first-order valence-corrected chi connectivity index (χ1v) is 8.82. The molecule has 1 amide bonds. The maximum atomic E-state index is 12.2. The Morgan fingerprint density at radius 3 is 2.37 bits per heavy atom. The van der Waals surface area contributed by atoms with E-state index in [1.165, 1.54) is 6.92 Å². The minimum atomic E-state index is -0.938. The highest BCUT2D eigenvalue weighted by Crippen LogP contribution is 2.19. The molecule has 0 bridgehead atoms. The number of ether oxygens (including phenoxy) is 3. The Labute approximate surface area is 159 Å². The van der Waals surface area contributed by atoms with E-state index in [1.807, 2.05) is 32.9 Å². The Morgan fingerprint density at radius 2 is 1.74 bits per heavy atom. The number of anilines is 1. The number of carbonyl (C=O) groups excluding carboxylic acids is 2. The third-order valence-electron chi connectivity index (χ3n) is 3.79. The van der Waals surface area contributed by atoms with E-state index < -0.39 is 18.0 Å². The van der Waals surface area contributed by atoms with Gasteiger partial charge in [0.2, 0.25) is 0 Å². The highest BCUT2D eigenvalue weighted by Gasteiger charge is 2.18. The standard InChI is InChI=1S/C21H25NO5/c1-5-25-18-9-7-17(8-10-18)22-21(24)16(4)27-20(23)13-26-19-11-6-14(2)12-15(19)3/h6-12,16H,5,13H2,1-4H3,(H,22,24)/t16-/m0/s1. The fraction of sp³-hybridized carbons (Fsp3) is 0.333. The van der Waals surface area contributed by atoms with Crippen LogP contribution in [-0.4, -0.2) is 31.2 Å². The average molecular weight is 371 g/mol. The van der Waals surface area contributed by atoms with Crippen molar-refractivity contribution >= 4 is 17.6 Å². The van der Waals surface area contributed by atoms with Crippen molar-refractivity contribution in [1.82, 2.24) is 0 Å². The van der Waals surface area contributed by atoms with E-state index >= 15 is 0 Å². The van der Waals surface area contributed by atoms with Gasteiger partial charge in [0.15, 0.2) is 12.7 Å². The van der Waals surface area contributed by atoms with Gasteiger partial charge in [-0.15, -0.1) is 0 Å². The summed E-state index contributed by atoms with van der Waals surface area (Å²) in [5.74, 6) is 0.311. The van der Waals surface area contributed by atoms with Crippen molar-refractivity contribution < 1.29 is 23.8 Å². The van der Waals surface area contributed by atoms with E-state index in [-0.39, 0.29) is 6.61 Å². The van der Waals surface area contributed by atoms with E-state index in [0.29, 0.717) is 18.0 Å². The highest BCUT2D eigenvalue weighted by molar-refractivity contribution is 5.95. The summed E-state index contributed by atoms with van der Waals surface area (Å²) < 4.78 is 15.9. The van der Waals surface area contributed by atoms with Gasteiger partial charge in [0.05, 0.1) is 6.61 Å². The van der Waals surface area contributed by atoms with E-state index in [0.717, 1.165) is 16.9 Å². The molecule has 2 aromatic rings. The van der Waals surface area contributed by atoms with Gasteiger partial charge in [0.25, 0.3) is 5.91 Å². The van der Waals surface area contributed by atoms with Gasteiger partial charge in [-0.2, -0.15) is 0 Å². The zero-order valence-electron chi connectivity index (χ0n) is 16.1. The highest BCUT2D eigenvalue weighted by atomic mass is 16.6. The van der Waals surface area contributed by atoms with Crippen LogP contribution in [0.25, 0.3) is 0 Å². The van der Waals surface area contributed by atoms with Crippen LogP contribution in [0.1, 0.15) is 25.0 Å². The van der Waals surface area contributed by atoms with Gasteiger partial charge in [0, 0.05) is 5.69 Å². The minimum Gasteiger partial charge on any atom is -0.494 e. The summed E-state index contributed by atoms with van der Waals surface area (Å²) in [6.45, 7) is 7.61. The van der Waals surface area contributed by atoms with Gasteiger partial charge in [0.1, 0.15) is 11.5 Å². The number of amides is 1. The Morgan fingerprint density at radius 1 is 1.04 bits per heavy atom. The van der Waals surface area contributed by atoms with Crippen LogP contribution in [0.2, 0.25) is 0 Å². The van der Waals surface area contributed by atoms with Gasteiger partial charge < -0.3 is 19.5 Å². The van der Waals surface area contributed by atoms with Crippen LogP contribution >= 0.6 is 0 Å². The van der Waals surface area contributed by atoms with Gasteiger partial charge in [-0.3, -0.25) is 4.79 Å². The monoisotopic (exact) mass is 371 g/mol. The molecule has 0 aliphatic carbocycles. The molecule has 0 fully saturated rings. The molecule has 6 nitrogen and oxygen atoms in total. The molecular formula is C21H25NO5. The second-order valence-electron chi connectivity index (χ2n) is 6.14. The number of rotatable bonds is 8. The molecule has 0 aliphatic rings. The summed E-state index contributed by atoms with van der Waals surface area (Å²) in [6.07, 6.45) is -0.938. The fourth-order valence-electron chi connectivity index (χ4n) is 2.43. The average Bonchev–Trinajstić information content (AvgIpc) is 2.62. The summed E-state index contributed by atoms with van der Waals surface area (Å²) in [5, 5.41) is 2.69. The van der Waals surface area contributed by atoms with E-state index in [2.05, 4.69) is 5.32 Å². The molecular weight excluding hydrogens is 346 g/mol. The molecule has 1 atom stereocenters. The number of nitrogens with one attached hydrogen (secondary N) is 1. The molecule has 27 heavy (non-hydrogen) atoms. The van der Waals surface area contributed by atoms with Crippen LogP contribution in [0.4, 0.5) is 5.69 Å². The van der Waals surface area contributed by atoms with Gasteiger partial charge in [-0.1, -0.05) is 17.7 Å². The number of hydrogen-bond acceptors (Lipinski definition) is 5. The Hall–Kier alpha value is -3.02. The number of benzene rings is 2. The van der Waals surface area contributed by atoms with Crippen LogP contribution in [0.3, 0.4) is 0 Å². The summed E-state index contributed by atoms with van der Waals surface area (Å²) in [4.78, 5) is 24.1. The largest absolute Gasteiger partial charge is 0.494 e. The van der Waals surface area contributed by atoms with Crippen molar-refractivity contribution in [3.8, 4) is 11.5 Å². The van der Waals surface area contributed by atoms with Crippen LogP contribution in [0.5, 0.6) is 11.5 Å². The molecule has 2 rings (SSSR count). The van der Waals surface area contributed by atoms with E-state index in [4.69, 9.17) is 14.2 Å². The quantitative estimate of drug-likeness (QED) is 0.717. The molecule has 0 aromatic heterocycles. The van der Waals surface area contributed by atoms with Crippen molar-refractivity contribution in [3.63, 3.8) is 0 Å². The molecule has 6 heteroatoms. The molecule has 0 unspecified atom stereocenters. The second kappa shape index (κ2) is 9.62. The lowest BCUT2D eigenvalue weighted by Gasteiger charge is -2.15. The maximum Gasteiger partial charge on any atom is 0.344 e. The van der Waals surface area contributed by atoms with Crippen molar-refractivity contribution in [2.75, 3.05) is 18.5 Å². The normalized spacial score (nSPS) is 11.4. The van der Waals surface area contributed by atoms with E-state index in [1.54, 1.807) is 30.3 Å². The third-order valence-corrected chi connectivity index (χ3v) is 3.79. The smallest absolute Gasteiger partial charge is 0.344 e. The van der Waals surface area contributed by atoms with Crippen molar-refractivity contribution in [2.24, 2.45) is 0 Å². The van der Waals surface area contributed by atoms with Gasteiger partial charge in [-0.25, -0.2) is 4.79 Å². The van der Waals surface area contributed by atoms with E-state index in [9.17, 15) is 9.59 Å².